The van der Waals surface area contributed by atoms with Crippen LogP contribution in [0.25, 0.3) is 0 Å². The molecule has 0 spiro atoms. The fourth-order valence-corrected chi connectivity index (χ4v) is 5.68. The maximum atomic E-state index is 12.6. The van der Waals surface area contributed by atoms with Crippen LogP contribution in [-0.2, 0) is 22.0 Å². The number of pyridine rings is 2. The molecule has 2 aliphatic rings. The Hall–Kier alpha value is -3.99. The van der Waals surface area contributed by atoms with Gasteiger partial charge in [0.05, 0.1) is 24.8 Å². The van der Waals surface area contributed by atoms with Gasteiger partial charge in [-0.15, -0.1) is 0 Å². The Morgan fingerprint density at radius 3 is 2.71 bits per heavy atom. The molecule has 0 fully saturated rings. The Morgan fingerprint density at radius 1 is 1.13 bits per heavy atom. The number of fused-ring (bicyclic) bond motifs is 1. The Kier molecular flexibility index (Phi) is 7.28. The van der Waals surface area contributed by atoms with Crippen LogP contribution in [0, 0.1) is 5.92 Å². The topological polar surface area (TPSA) is 129 Å². The summed E-state index contributed by atoms with van der Waals surface area (Å²) in [6, 6.07) is 17.4. The molecule has 0 saturated heterocycles. The van der Waals surface area contributed by atoms with E-state index in [2.05, 4.69) is 45.1 Å². The van der Waals surface area contributed by atoms with Crippen molar-refractivity contribution in [1.29, 1.82) is 0 Å². The number of sulfonamides is 1. The van der Waals surface area contributed by atoms with Crippen molar-refractivity contribution in [2.75, 3.05) is 13.2 Å². The van der Waals surface area contributed by atoms with Crippen LogP contribution >= 0.6 is 0 Å². The number of amidine groups is 2. The van der Waals surface area contributed by atoms with E-state index in [0.717, 1.165) is 17.0 Å². The zero-order chi connectivity index (χ0) is 26.6. The predicted octanol–water partition coefficient (Wildman–Crippen LogP) is 2.72. The highest BCUT2D eigenvalue weighted by molar-refractivity contribution is 7.89. The molecule has 2 aromatic heterocycles. The summed E-state index contributed by atoms with van der Waals surface area (Å²) in [5.74, 6) is 0.858. The second-order valence-electron chi connectivity index (χ2n) is 9.17. The molecule has 1 aliphatic heterocycles. The van der Waals surface area contributed by atoms with Gasteiger partial charge in [0.15, 0.2) is 0 Å². The van der Waals surface area contributed by atoms with Crippen molar-refractivity contribution in [2.24, 2.45) is 15.9 Å². The average molecular weight is 529 g/mol. The number of allylic oxidation sites excluding steroid dienone is 3. The molecule has 0 saturated carbocycles. The highest BCUT2D eigenvalue weighted by Gasteiger charge is 2.43. The van der Waals surface area contributed by atoms with Crippen LogP contribution in [0.1, 0.15) is 23.7 Å². The summed E-state index contributed by atoms with van der Waals surface area (Å²) in [4.78, 5) is 18.4. The molecular weight excluding hydrogens is 500 g/mol. The van der Waals surface area contributed by atoms with Crippen molar-refractivity contribution in [3.8, 4) is 0 Å². The maximum Gasteiger partial charge on any atom is 0.242 e. The van der Waals surface area contributed by atoms with E-state index in [-0.39, 0.29) is 24.0 Å². The molecule has 3 N–H and O–H groups in total. The summed E-state index contributed by atoms with van der Waals surface area (Å²) in [6.07, 6.45) is 10.7. The van der Waals surface area contributed by atoms with Crippen molar-refractivity contribution in [1.82, 2.24) is 20.0 Å². The van der Waals surface area contributed by atoms with Crippen LogP contribution in [-0.4, -0.2) is 48.3 Å². The van der Waals surface area contributed by atoms with Crippen molar-refractivity contribution in [2.45, 2.75) is 23.8 Å². The summed E-state index contributed by atoms with van der Waals surface area (Å²) in [5.41, 5.74) is 2.92. The predicted molar refractivity (Wildman–Crippen MR) is 146 cm³/mol. The SMILES string of the molecule is CC1(c2ccccc2)C=CC=C2NC(c3cncc(S(=O)(=O)NCCO)c3)=NC(=NCc3ccccn3)C21. The van der Waals surface area contributed by atoms with Gasteiger partial charge in [0.1, 0.15) is 16.6 Å². The largest absolute Gasteiger partial charge is 0.395 e. The van der Waals surface area contributed by atoms with E-state index in [0.29, 0.717) is 23.8 Å². The first kappa shape index (κ1) is 25.7. The molecule has 10 heteroatoms. The third-order valence-electron chi connectivity index (χ3n) is 6.60. The molecule has 2 unspecified atom stereocenters. The Bertz CT molecular complexity index is 1540. The van der Waals surface area contributed by atoms with Crippen molar-refractivity contribution >= 4 is 21.7 Å². The van der Waals surface area contributed by atoms with Gasteiger partial charge >= 0.3 is 0 Å². The minimum Gasteiger partial charge on any atom is -0.395 e. The second-order valence-corrected chi connectivity index (χ2v) is 10.9. The summed E-state index contributed by atoms with van der Waals surface area (Å²) in [7, 11) is -3.84. The summed E-state index contributed by atoms with van der Waals surface area (Å²) in [5, 5.41) is 12.4. The third kappa shape index (κ3) is 5.19. The van der Waals surface area contributed by atoms with Gasteiger partial charge in [0, 0.05) is 41.8 Å². The molecule has 194 valence electrons. The average Bonchev–Trinajstić information content (AvgIpc) is 2.96. The molecule has 5 rings (SSSR count). The lowest BCUT2D eigenvalue weighted by atomic mass is 9.67. The lowest BCUT2D eigenvalue weighted by molar-refractivity contribution is 0.301. The number of aliphatic imine (C=N–C) groups is 2. The number of aromatic nitrogens is 2. The first-order valence-corrected chi connectivity index (χ1v) is 13.7. The number of nitrogens with zero attached hydrogens (tertiary/aromatic N) is 4. The van der Waals surface area contributed by atoms with Crippen LogP contribution in [0.4, 0.5) is 0 Å². The smallest absolute Gasteiger partial charge is 0.242 e. The van der Waals surface area contributed by atoms with Gasteiger partial charge in [0.2, 0.25) is 10.0 Å². The zero-order valence-corrected chi connectivity index (χ0v) is 21.6. The normalized spacial score (nSPS) is 21.8. The zero-order valence-electron chi connectivity index (χ0n) is 20.8. The quantitative estimate of drug-likeness (QED) is 0.412. The van der Waals surface area contributed by atoms with Crippen LogP contribution in [0.2, 0.25) is 0 Å². The third-order valence-corrected chi connectivity index (χ3v) is 8.03. The number of aliphatic hydroxyl groups excluding tert-OH is 1. The minimum absolute atomic E-state index is 0.0197. The molecule has 0 amide bonds. The summed E-state index contributed by atoms with van der Waals surface area (Å²) in [6.45, 7) is 2.12. The Balaban J connectivity index is 1.59. The number of aliphatic hydroxyl groups is 1. The lowest BCUT2D eigenvalue weighted by Gasteiger charge is -2.41. The van der Waals surface area contributed by atoms with Gasteiger partial charge in [-0.2, -0.15) is 0 Å². The second kappa shape index (κ2) is 10.8. The van der Waals surface area contributed by atoms with E-state index in [9.17, 15) is 8.42 Å². The molecule has 1 aliphatic carbocycles. The Morgan fingerprint density at radius 2 is 1.95 bits per heavy atom. The maximum absolute atomic E-state index is 12.6. The fraction of sp³-hybridized carbons (Fsp3) is 0.214. The number of nitrogens with one attached hydrogen (secondary N) is 2. The van der Waals surface area contributed by atoms with Gasteiger partial charge in [-0.1, -0.05) is 55.5 Å². The van der Waals surface area contributed by atoms with Crippen LogP contribution in [0.5, 0.6) is 0 Å². The first-order chi connectivity index (χ1) is 18.4. The number of rotatable bonds is 8. The molecule has 1 aromatic carbocycles. The molecule has 0 radical (unpaired) electrons. The van der Waals surface area contributed by atoms with E-state index in [1.54, 1.807) is 12.4 Å². The monoisotopic (exact) mass is 528 g/mol. The van der Waals surface area contributed by atoms with Crippen molar-refractivity contribution in [3.05, 3.63) is 114 Å². The highest BCUT2D eigenvalue weighted by Crippen LogP contribution is 2.42. The van der Waals surface area contributed by atoms with E-state index >= 15 is 0 Å². The molecule has 2 atom stereocenters. The molecular formula is C28H28N6O3S. The molecule has 9 nitrogen and oxygen atoms in total. The number of benzene rings is 1. The van der Waals surface area contributed by atoms with E-state index < -0.39 is 15.4 Å². The van der Waals surface area contributed by atoms with Gasteiger partial charge in [-0.3, -0.25) is 15.0 Å². The van der Waals surface area contributed by atoms with Gasteiger partial charge in [-0.05, 0) is 29.8 Å². The van der Waals surface area contributed by atoms with Crippen LogP contribution in [0.15, 0.2) is 112 Å². The standard InChI is InChI=1S/C28H28N6O3S/c1-28(21-8-3-2-4-9-21)12-7-11-24-25(28)27(31-18-22-10-5-6-13-30-22)34-26(33-24)20-16-23(19-29-17-20)38(36,37)32-14-15-35/h2-13,16-17,19,25,32,35H,14-15,18H2,1H3,(H,31,33,34). The van der Waals surface area contributed by atoms with Gasteiger partial charge in [-0.25, -0.2) is 18.1 Å². The fourth-order valence-electron chi connectivity index (χ4n) is 4.67. The summed E-state index contributed by atoms with van der Waals surface area (Å²) >= 11 is 0. The highest BCUT2D eigenvalue weighted by atomic mass is 32.2. The van der Waals surface area contributed by atoms with Crippen LogP contribution < -0.4 is 10.0 Å². The molecule has 0 bridgehead atoms. The summed E-state index contributed by atoms with van der Waals surface area (Å²) < 4.78 is 27.6. The van der Waals surface area contributed by atoms with Crippen molar-refractivity contribution < 1.29 is 13.5 Å². The van der Waals surface area contributed by atoms with Crippen LogP contribution in [0.3, 0.4) is 0 Å². The Labute approximate surface area is 221 Å². The van der Waals surface area contributed by atoms with Crippen molar-refractivity contribution in [3.63, 3.8) is 0 Å². The first-order valence-electron chi connectivity index (χ1n) is 12.2. The molecule has 38 heavy (non-hydrogen) atoms. The van der Waals surface area contributed by atoms with Gasteiger partial charge < -0.3 is 10.4 Å². The number of hydrogen-bond acceptors (Lipinski definition) is 7. The minimum atomic E-state index is -3.84. The van der Waals surface area contributed by atoms with E-state index in [1.807, 2.05) is 48.6 Å². The number of hydrogen-bond donors (Lipinski definition) is 3. The van der Waals surface area contributed by atoms with E-state index in [4.69, 9.17) is 15.1 Å². The van der Waals surface area contributed by atoms with E-state index in [1.165, 1.54) is 12.3 Å². The lowest BCUT2D eigenvalue weighted by Crippen LogP contribution is -2.47. The molecule has 3 aromatic rings. The van der Waals surface area contributed by atoms with Gasteiger partial charge in [0.25, 0.3) is 0 Å². The molecule has 3 heterocycles.